The van der Waals surface area contributed by atoms with Crippen LogP contribution in [0, 0.1) is 5.92 Å². The third-order valence-corrected chi connectivity index (χ3v) is 5.91. The maximum Gasteiger partial charge on any atom is 0.252 e. The van der Waals surface area contributed by atoms with E-state index in [1.807, 2.05) is 23.1 Å². The number of hydrogen-bond acceptors (Lipinski definition) is 4. The molecule has 5 nitrogen and oxygen atoms in total. The average molecular weight is 398 g/mol. The van der Waals surface area contributed by atoms with Crippen molar-refractivity contribution in [2.75, 3.05) is 31.3 Å². The lowest BCUT2D eigenvalue weighted by molar-refractivity contribution is -0.131. The molecule has 0 radical (unpaired) electrons. The zero-order chi connectivity index (χ0) is 16.2. The zero-order valence-corrected chi connectivity index (χ0v) is 15.2. The van der Waals surface area contributed by atoms with Crippen LogP contribution in [0.1, 0.15) is 16.8 Å². The van der Waals surface area contributed by atoms with Crippen molar-refractivity contribution in [1.29, 1.82) is 0 Å². The molecule has 2 aliphatic rings. The van der Waals surface area contributed by atoms with Gasteiger partial charge in [0, 0.05) is 29.9 Å². The van der Waals surface area contributed by atoms with E-state index in [0.29, 0.717) is 18.0 Å². The molecule has 2 amide bonds. The van der Waals surface area contributed by atoms with E-state index in [1.165, 1.54) is 0 Å². The number of rotatable bonds is 4. The van der Waals surface area contributed by atoms with Crippen LogP contribution in [0.4, 0.5) is 0 Å². The summed E-state index contributed by atoms with van der Waals surface area (Å²) >= 11 is 5.19. The van der Waals surface area contributed by atoms with Crippen molar-refractivity contribution in [3.63, 3.8) is 0 Å². The van der Waals surface area contributed by atoms with Gasteiger partial charge in [0.1, 0.15) is 0 Å². The van der Waals surface area contributed by atoms with Gasteiger partial charge >= 0.3 is 0 Å². The smallest absolute Gasteiger partial charge is 0.252 e. The average Bonchev–Trinajstić information content (AvgIpc) is 3.24. The zero-order valence-electron chi connectivity index (χ0n) is 12.8. The highest BCUT2D eigenvalue weighted by Crippen LogP contribution is 2.20. The molecule has 0 spiro atoms. The summed E-state index contributed by atoms with van der Waals surface area (Å²) in [6.07, 6.45) is 0.788. The molecule has 0 aliphatic carbocycles. The fraction of sp³-hybridized carbons (Fsp3) is 0.500. The van der Waals surface area contributed by atoms with Gasteiger partial charge in [0.05, 0.1) is 17.5 Å². The van der Waals surface area contributed by atoms with Gasteiger partial charge in [0.15, 0.2) is 0 Å². The van der Waals surface area contributed by atoms with Gasteiger partial charge in [-0.15, -0.1) is 11.8 Å². The first-order valence-electron chi connectivity index (χ1n) is 7.78. The van der Waals surface area contributed by atoms with Gasteiger partial charge in [0.25, 0.3) is 5.91 Å². The molecule has 2 heterocycles. The molecule has 2 saturated heterocycles. The van der Waals surface area contributed by atoms with Gasteiger partial charge < -0.3 is 15.5 Å². The van der Waals surface area contributed by atoms with Crippen molar-refractivity contribution in [1.82, 2.24) is 15.5 Å². The maximum absolute atomic E-state index is 12.4. The summed E-state index contributed by atoms with van der Waals surface area (Å²) in [5.41, 5.74) is 0.639. The second kappa shape index (κ2) is 7.68. The molecule has 1 aromatic carbocycles. The molecular formula is C16H20BrN3O2S. The molecule has 7 heteroatoms. The lowest BCUT2D eigenvalue weighted by Gasteiger charge is -2.19. The number of nitrogens with one attached hydrogen (secondary N) is 2. The maximum atomic E-state index is 12.4. The summed E-state index contributed by atoms with van der Waals surface area (Å²) in [5, 5.41) is 6.27. The van der Waals surface area contributed by atoms with Crippen LogP contribution in [0.15, 0.2) is 28.7 Å². The molecule has 2 fully saturated rings. The summed E-state index contributed by atoms with van der Waals surface area (Å²) in [7, 11) is 0. The molecule has 0 unspecified atom stereocenters. The van der Waals surface area contributed by atoms with Crippen molar-refractivity contribution in [2.24, 2.45) is 5.92 Å². The van der Waals surface area contributed by atoms with Crippen LogP contribution in [-0.4, -0.2) is 54.0 Å². The Morgan fingerprint density at radius 3 is 2.96 bits per heavy atom. The van der Waals surface area contributed by atoms with E-state index in [-0.39, 0.29) is 17.9 Å². The van der Waals surface area contributed by atoms with Crippen LogP contribution in [0.25, 0.3) is 0 Å². The van der Waals surface area contributed by atoms with Gasteiger partial charge in [-0.3, -0.25) is 9.59 Å². The van der Waals surface area contributed by atoms with Gasteiger partial charge in [0.2, 0.25) is 5.91 Å². The molecule has 2 N–H and O–H groups in total. The van der Waals surface area contributed by atoms with E-state index in [2.05, 4.69) is 26.6 Å². The van der Waals surface area contributed by atoms with Crippen molar-refractivity contribution >= 4 is 39.5 Å². The minimum Gasteiger partial charge on any atom is -0.352 e. The monoisotopic (exact) mass is 397 g/mol. The minimum absolute atomic E-state index is 0.0804. The molecular weight excluding hydrogens is 378 g/mol. The topological polar surface area (TPSA) is 61.4 Å². The summed E-state index contributed by atoms with van der Waals surface area (Å²) in [6, 6.07) is 7.28. The number of halogens is 1. The Hall–Kier alpha value is -1.05. The summed E-state index contributed by atoms with van der Waals surface area (Å²) < 4.78 is 0.793. The highest BCUT2D eigenvalue weighted by Gasteiger charge is 2.33. The Labute approximate surface area is 148 Å². The standard InChI is InChI=1S/C16H20BrN3O2S/c17-13-4-2-1-3-12(13)15(21)19-9-11-7-14(18-8-11)16(22)20-5-6-23-10-20/h1-4,11,14,18H,5-10H2,(H,19,21)/t11-,14-/m0/s1. The highest BCUT2D eigenvalue weighted by molar-refractivity contribution is 9.10. The number of carbonyl (C=O) groups excluding carboxylic acids is 2. The normalized spacial score (nSPS) is 24.0. The number of nitrogens with zero attached hydrogens (tertiary/aromatic N) is 1. The Morgan fingerprint density at radius 1 is 1.39 bits per heavy atom. The molecule has 0 saturated carbocycles. The quantitative estimate of drug-likeness (QED) is 0.811. The van der Waals surface area contributed by atoms with Crippen molar-refractivity contribution in [2.45, 2.75) is 12.5 Å². The van der Waals surface area contributed by atoms with Crippen LogP contribution in [-0.2, 0) is 4.79 Å². The van der Waals surface area contributed by atoms with Crippen LogP contribution >= 0.6 is 27.7 Å². The van der Waals surface area contributed by atoms with Gasteiger partial charge in [-0.2, -0.15) is 0 Å². The predicted molar refractivity (Wildman–Crippen MR) is 95.4 cm³/mol. The highest BCUT2D eigenvalue weighted by atomic mass is 79.9. The fourth-order valence-electron chi connectivity index (χ4n) is 2.94. The first-order valence-corrected chi connectivity index (χ1v) is 9.72. The molecule has 23 heavy (non-hydrogen) atoms. The fourth-order valence-corrected chi connectivity index (χ4v) is 4.36. The minimum atomic E-state index is -0.0981. The largest absolute Gasteiger partial charge is 0.352 e. The number of thioether (sulfide) groups is 1. The lowest BCUT2D eigenvalue weighted by atomic mass is 10.0. The summed E-state index contributed by atoms with van der Waals surface area (Å²) in [6.45, 7) is 2.21. The van der Waals surface area contributed by atoms with E-state index < -0.39 is 0 Å². The second-order valence-electron chi connectivity index (χ2n) is 5.89. The summed E-state index contributed by atoms with van der Waals surface area (Å²) in [5.74, 6) is 2.26. The number of hydrogen-bond donors (Lipinski definition) is 2. The van der Waals surface area contributed by atoms with Crippen molar-refractivity contribution < 1.29 is 9.59 Å². The molecule has 3 rings (SSSR count). The lowest BCUT2D eigenvalue weighted by Crippen LogP contribution is -2.42. The van der Waals surface area contributed by atoms with E-state index in [4.69, 9.17) is 0 Å². The van der Waals surface area contributed by atoms with E-state index in [0.717, 1.165) is 35.6 Å². The molecule has 124 valence electrons. The van der Waals surface area contributed by atoms with E-state index in [9.17, 15) is 9.59 Å². The van der Waals surface area contributed by atoms with Crippen LogP contribution < -0.4 is 10.6 Å². The SMILES string of the molecule is O=C(NC[C@@H]1CN[C@H](C(=O)N2CCSC2)C1)c1ccccc1Br. The Balaban J connectivity index is 1.47. The Kier molecular flexibility index (Phi) is 5.61. The second-order valence-corrected chi connectivity index (χ2v) is 7.82. The number of amides is 2. The Morgan fingerprint density at radius 2 is 2.22 bits per heavy atom. The van der Waals surface area contributed by atoms with Crippen LogP contribution in [0.3, 0.4) is 0 Å². The molecule has 2 atom stereocenters. The predicted octanol–water partition coefficient (Wildman–Crippen LogP) is 1.69. The third-order valence-electron chi connectivity index (χ3n) is 4.25. The van der Waals surface area contributed by atoms with Crippen LogP contribution in [0.2, 0.25) is 0 Å². The molecule has 0 aromatic heterocycles. The van der Waals surface area contributed by atoms with Gasteiger partial charge in [-0.05, 0) is 40.4 Å². The Bertz CT molecular complexity index is 592. The van der Waals surface area contributed by atoms with Crippen LogP contribution in [0.5, 0.6) is 0 Å². The van der Waals surface area contributed by atoms with E-state index >= 15 is 0 Å². The van der Waals surface area contributed by atoms with Crippen molar-refractivity contribution in [3.8, 4) is 0 Å². The van der Waals surface area contributed by atoms with Crippen molar-refractivity contribution in [3.05, 3.63) is 34.3 Å². The van der Waals surface area contributed by atoms with E-state index in [1.54, 1.807) is 17.8 Å². The van der Waals surface area contributed by atoms with Gasteiger partial charge in [-0.25, -0.2) is 0 Å². The first kappa shape index (κ1) is 16.8. The molecule has 1 aromatic rings. The molecule has 2 aliphatic heterocycles. The summed E-state index contributed by atoms with van der Waals surface area (Å²) in [4.78, 5) is 26.5. The first-order chi connectivity index (χ1) is 11.1. The number of benzene rings is 1. The molecule has 0 bridgehead atoms. The number of carbonyl (C=O) groups is 2. The third kappa shape index (κ3) is 4.08. The van der Waals surface area contributed by atoms with Gasteiger partial charge in [-0.1, -0.05) is 12.1 Å².